The standard InChI is InChI=1S/C16H25NO7/c1-21-6-7-23-10-11-24-9-8-22-5-4-17-16(20)13-2-3-14(18)15(19)12-13/h2-3,12,18-19H,4-11H2,1H3,(H,17,20). The van der Waals surface area contributed by atoms with Gasteiger partial charge in [-0.15, -0.1) is 0 Å². The normalized spacial score (nSPS) is 10.7. The van der Waals surface area contributed by atoms with E-state index in [0.29, 0.717) is 52.8 Å². The van der Waals surface area contributed by atoms with Gasteiger partial charge in [-0.2, -0.15) is 0 Å². The molecule has 0 spiro atoms. The summed E-state index contributed by atoms with van der Waals surface area (Å²) in [6.07, 6.45) is 0. The van der Waals surface area contributed by atoms with Crippen LogP contribution in [0, 0.1) is 0 Å². The molecule has 1 aromatic rings. The average Bonchev–Trinajstić information content (AvgIpc) is 2.58. The van der Waals surface area contributed by atoms with Gasteiger partial charge in [0.05, 0.1) is 46.2 Å². The molecular formula is C16H25NO7. The molecule has 0 radical (unpaired) electrons. The lowest BCUT2D eigenvalue weighted by Crippen LogP contribution is -2.27. The van der Waals surface area contributed by atoms with Crippen LogP contribution in [0.4, 0.5) is 0 Å². The minimum absolute atomic E-state index is 0.265. The molecule has 0 aromatic heterocycles. The number of nitrogens with one attached hydrogen (secondary N) is 1. The van der Waals surface area contributed by atoms with Crippen molar-refractivity contribution in [3.05, 3.63) is 23.8 Å². The van der Waals surface area contributed by atoms with Crippen LogP contribution in [0.1, 0.15) is 10.4 Å². The summed E-state index contributed by atoms with van der Waals surface area (Å²) in [6.45, 7) is 3.69. The first-order valence-electron chi connectivity index (χ1n) is 7.67. The number of phenolic OH excluding ortho intramolecular Hbond substituents is 2. The Bertz CT molecular complexity index is 481. The van der Waals surface area contributed by atoms with Gasteiger partial charge in [0, 0.05) is 19.2 Å². The van der Waals surface area contributed by atoms with Crippen molar-refractivity contribution in [2.24, 2.45) is 0 Å². The highest BCUT2D eigenvalue weighted by atomic mass is 16.6. The number of carbonyl (C=O) groups excluding carboxylic acids is 1. The summed E-state index contributed by atoms with van der Waals surface area (Å²) in [5.41, 5.74) is 0.266. The van der Waals surface area contributed by atoms with Crippen LogP contribution in [0.15, 0.2) is 18.2 Å². The Balaban J connectivity index is 1.96. The Morgan fingerprint density at radius 1 is 0.917 bits per heavy atom. The number of ether oxygens (including phenoxy) is 4. The third-order valence-corrected chi connectivity index (χ3v) is 2.95. The van der Waals surface area contributed by atoms with E-state index in [-0.39, 0.29) is 23.0 Å². The molecule has 0 saturated heterocycles. The molecule has 0 atom stereocenters. The molecule has 1 amide bonds. The van der Waals surface area contributed by atoms with Crippen molar-refractivity contribution in [3.63, 3.8) is 0 Å². The van der Waals surface area contributed by atoms with E-state index in [0.717, 1.165) is 0 Å². The lowest BCUT2D eigenvalue weighted by atomic mass is 10.2. The molecule has 0 aliphatic heterocycles. The molecule has 1 rings (SSSR count). The van der Waals surface area contributed by atoms with Crippen LogP contribution in [0.25, 0.3) is 0 Å². The van der Waals surface area contributed by atoms with Crippen LogP contribution in [-0.2, 0) is 18.9 Å². The van der Waals surface area contributed by atoms with Gasteiger partial charge in [-0.05, 0) is 18.2 Å². The van der Waals surface area contributed by atoms with E-state index in [1.807, 2.05) is 0 Å². The highest BCUT2D eigenvalue weighted by molar-refractivity contribution is 5.94. The van der Waals surface area contributed by atoms with Gasteiger partial charge in [-0.3, -0.25) is 4.79 Å². The fraction of sp³-hybridized carbons (Fsp3) is 0.562. The fourth-order valence-corrected chi connectivity index (χ4v) is 1.69. The number of hydrogen-bond donors (Lipinski definition) is 3. The lowest BCUT2D eigenvalue weighted by Gasteiger charge is -2.08. The Morgan fingerprint density at radius 2 is 1.50 bits per heavy atom. The first kappa shape index (κ1) is 20.2. The Kier molecular flexibility index (Phi) is 10.5. The van der Waals surface area contributed by atoms with Gasteiger partial charge in [0.15, 0.2) is 11.5 Å². The second-order valence-corrected chi connectivity index (χ2v) is 4.79. The van der Waals surface area contributed by atoms with Crippen molar-refractivity contribution in [1.29, 1.82) is 0 Å². The SMILES string of the molecule is COCCOCCOCCOCCNC(=O)c1ccc(O)c(O)c1. The van der Waals surface area contributed by atoms with E-state index in [2.05, 4.69) is 5.32 Å². The van der Waals surface area contributed by atoms with Crippen LogP contribution in [-0.4, -0.2) is 76.0 Å². The van der Waals surface area contributed by atoms with Crippen molar-refractivity contribution in [1.82, 2.24) is 5.32 Å². The van der Waals surface area contributed by atoms with Gasteiger partial charge in [0.2, 0.25) is 0 Å². The molecule has 8 heteroatoms. The monoisotopic (exact) mass is 343 g/mol. The number of hydrogen-bond acceptors (Lipinski definition) is 7. The van der Waals surface area contributed by atoms with E-state index in [4.69, 9.17) is 18.9 Å². The molecule has 0 heterocycles. The highest BCUT2D eigenvalue weighted by Crippen LogP contribution is 2.24. The topological polar surface area (TPSA) is 106 Å². The van der Waals surface area contributed by atoms with Gasteiger partial charge in [-0.1, -0.05) is 0 Å². The summed E-state index contributed by atoms with van der Waals surface area (Å²) in [4.78, 5) is 11.8. The van der Waals surface area contributed by atoms with E-state index >= 15 is 0 Å². The molecule has 0 aliphatic rings. The minimum atomic E-state index is -0.349. The van der Waals surface area contributed by atoms with Crippen LogP contribution in [0.3, 0.4) is 0 Å². The van der Waals surface area contributed by atoms with Crippen LogP contribution >= 0.6 is 0 Å². The van der Waals surface area contributed by atoms with Crippen molar-refractivity contribution >= 4 is 5.91 Å². The maximum Gasteiger partial charge on any atom is 0.251 e. The number of amides is 1. The predicted octanol–water partition coefficient (Wildman–Crippen LogP) is 0.524. The molecule has 0 fully saturated rings. The van der Waals surface area contributed by atoms with E-state index in [1.54, 1.807) is 7.11 Å². The smallest absolute Gasteiger partial charge is 0.251 e. The number of methoxy groups -OCH3 is 1. The maximum atomic E-state index is 11.8. The van der Waals surface area contributed by atoms with E-state index in [9.17, 15) is 15.0 Å². The molecule has 8 nitrogen and oxygen atoms in total. The zero-order valence-electron chi connectivity index (χ0n) is 13.8. The van der Waals surface area contributed by atoms with Crippen LogP contribution in [0.5, 0.6) is 11.5 Å². The summed E-state index contributed by atoms with van der Waals surface area (Å²) < 4.78 is 20.7. The summed E-state index contributed by atoms with van der Waals surface area (Å²) in [7, 11) is 1.62. The van der Waals surface area contributed by atoms with E-state index < -0.39 is 0 Å². The third-order valence-electron chi connectivity index (χ3n) is 2.95. The van der Waals surface area contributed by atoms with Crippen molar-refractivity contribution in [2.45, 2.75) is 0 Å². The zero-order chi connectivity index (χ0) is 17.6. The molecule has 24 heavy (non-hydrogen) atoms. The molecule has 136 valence electrons. The third kappa shape index (κ3) is 8.68. The molecule has 0 bridgehead atoms. The second kappa shape index (κ2) is 12.5. The predicted molar refractivity (Wildman–Crippen MR) is 86.4 cm³/mol. The highest BCUT2D eigenvalue weighted by Gasteiger charge is 2.07. The number of carbonyl (C=O) groups is 1. The first-order valence-corrected chi connectivity index (χ1v) is 7.67. The van der Waals surface area contributed by atoms with Crippen molar-refractivity contribution < 1.29 is 34.0 Å². The van der Waals surface area contributed by atoms with Gasteiger partial charge < -0.3 is 34.5 Å². The molecule has 3 N–H and O–H groups in total. The molecular weight excluding hydrogens is 318 g/mol. The molecule has 1 aromatic carbocycles. The van der Waals surface area contributed by atoms with Crippen LogP contribution < -0.4 is 5.32 Å². The van der Waals surface area contributed by atoms with Crippen molar-refractivity contribution in [2.75, 3.05) is 59.9 Å². The fourth-order valence-electron chi connectivity index (χ4n) is 1.69. The first-order chi connectivity index (χ1) is 11.6. The van der Waals surface area contributed by atoms with Gasteiger partial charge in [-0.25, -0.2) is 0 Å². The summed E-state index contributed by atoms with van der Waals surface area (Å²) >= 11 is 0. The minimum Gasteiger partial charge on any atom is -0.504 e. The number of rotatable bonds is 13. The summed E-state index contributed by atoms with van der Waals surface area (Å²) in [5.74, 6) is -0.945. The Hall–Kier alpha value is -1.87. The number of phenols is 2. The van der Waals surface area contributed by atoms with Crippen LogP contribution in [0.2, 0.25) is 0 Å². The molecule has 0 unspecified atom stereocenters. The Morgan fingerprint density at radius 3 is 2.08 bits per heavy atom. The van der Waals surface area contributed by atoms with Gasteiger partial charge in [0.25, 0.3) is 5.91 Å². The largest absolute Gasteiger partial charge is 0.504 e. The van der Waals surface area contributed by atoms with Gasteiger partial charge >= 0.3 is 0 Å². The number of benzene rings is 1. The summed E-state index contributed by atoms with van der Waals surface area (Å²) in [5, 5.41) is 21.2. The van der Waals surface area contributed by atoms with E-state index in [1.165, 1.54) is 18.2 Å². The Labute approximate surface area is 141 Å². The maximum absolute atomic E-state index is 11.8. The quantitative estimate of drug-likeness (QED) is 0.354. The lowest BCUT2D eigenvalue weighted by molar-refractivity contribution is 0.00415. The van der Waals surface area contributed by atoms with Crippen molar-refractivity contribution in [3.8, 4) is 11.5 Å². The zero-order valence-corrected chi connectivity index (χ0v) is 13.8. The molecule has 0 saturated carbocycles. The molecule has 0 aliphatic carbocycles. The summed E-state index contributed by atoms with van der Waals surface area (Å²) in [6, 6.07) is 3.89. The average molecular weight is 343 g/mol. The number of aromatic hydroxyl groups is 2. The van der Waals surface area contributed by atoms with Gasteiger partial charge in [0.1, 0.15) is 0 Å². The second-order valence-electron chi connectivity index (χ2n) is 4.79.